The lowest BCUT2D eigenvalue weighted by atomic mass is 10.4. The van der Waals surface area contributed by atoms with E-state index in [0.29, 0.717) is 0 Å². The van der Waals surface area contributed by atoms with Crippen LogP contribution in [0.25, 0.3) is 0 Å². The number of hydrogen-bond acceptors (Lipinski definition) is 4. The molecule has 0 rings (SSSR count). The summed E-state index contributed by atoms with van der Waals surface area (Å²) in [6, 6.07) is 1.72. The van der Waals surface area contributed by atoms with Crippen molar-refractivity contribution in [2.24, 2.45) is 0 Å². The third-order valence-corrected chi connectivity index (χ3v) is 4.32. The molecule has 1 atom stereocenters. The average molecular weight is 247 g/mol. The number of carbonyl (C=O) groups is 1. The highest BCUT2D eigenvalue weighted by molar-refractivity contribution is 7.90. The first-order valence-electron chi connectivity index (χ1n) is 4.82. The first-order chi connectivity index (χ1) is 7.27. The number of nitriles is 1. The summed E-state index contributed by atoms with van der Waals surface area (Å²) in [5.41, 5.74) is 0. The minimum absolute atomic E-state index is 0.208. The Hall–Kier alpha value is -1.13. The quantitative estimate of drug-likeness (QED) is 0.664. The molecular formula is C9H17N3O3S. The van der Waals surface area contributed by atoms with Crippen LogP contribution in [0.1, 0.15) is 13.3 Å². The van der Waals surface area contributed by atoms with E-state index in [1.807, 2.05) is 0 Å². The molecular weight excluding hydrogens is 230 g/mol. The molecule has 0 aromatic rings. The number of amides is 1. The number of likely N-dealkylation sites (N-methyl/N-ethyl adjacent to an activating group) is 2. The maximum Gasteiger partial charge on any atom is 0.237 e. The lowest BCUT2D eigenvalue weighted by Crippen LogP contribution is -2.41. The molecule has 16 heavy (non-hydrogen) atoms. The molecule has 0 saturated heterocycles. The van der Waals surface area contributed by atoms with Gasteiger partial charge in [0, 0.05) is 21.1 Å². The van der Waals surface area contributed by atoms with Crippen LogP contribution in [0.2, 0.25) is 0 Å². The Morgan fingerprint density at radius 1 is 1.38 bits per heavy atom. The normalized spacial score (nSPS) is 13.2. The maximum absolute atomic E-state index is 11.8. The molecule has 1 amide bonds. The third-order valence-electron chi connectivity index (χ3n) is 2.17. The van der Waals surface area contributed by atoms with E-state index < -0.39 is 15.3 Å². The molecule has 0 radical (unpaired) electrons. The van der Waals surface area contributed by atoms with Crippen LogP contribution in [-0.4, -0.2) is 56.5 Å². The number of sulfonamides is 1. The second kappa shape index (κ2) is 5.82. The summed E-state index contributed by atoms with van der Waals surface area (Å²) < 4.78 is 24.5. The van der Waals surface area contributed by atoms with Gasteiger partial charge in [-0.1, -0.05) is 6.92 Å². The lowest BCUT2D eigenvalue weighted by Gasteiger charge is -2.20. The van der Waals surface area contributed by atoms with E-state index in [1.54, 1.807) is 27.1 Å². The molecule has 1 unspecified atom stereocenters. The molecule has 0 fully saturated rings. The van der Waals surface area contributed by atoms with Gasteiger partial charge < -0.3 is 4.90 Å². The zero-order chi connectivity index (χ0) is 12.9. The molecule has 7 heteroatoms. The standard InChI is InChI=1S/C9H17N3O3S/c1-5-8(6-10)16(14,15)12(4)7-9(13)11(2)3/h8H,5,7H2,1-4H3. The highest BCUT2D eigenvalue weighted by Gasteiger charge is 2.29. The zero-order valence-corrected chi connectivity index (χ0v) is 10.8. The summed E-state index contributed by atoms with van der Waals surface area (Å²) in [7, 11) is 0.689. The Balaban J connectivity index is 4.80. The second-order valence-corrected chi connectivity index (χ2v) is 5.84. The van der Waals surface area contributed by atoms with Gasteiger partial charge in [-0.2, -0.15) is 9.57 Å². The van der Waals surface area contributed by atoms with Gasteiger partial charge in [0.05, 0.1) is 12.6 Å². The van der Waals surface area contributed by atoms with Crippen molar-refractivity contribution in [3.63, 3.8) is 0 Å². The van der Waals surface area contributed by atoms with Gasteiger partial charge in [-0.05, 0) is 6.42 Å². The van der Waals surface area contributed by atoms with Crippen molar-refractivity contribution in [2.45, 2.75) is 18.6 Å². The monoisotopic (exact) mass is 247 g/mol. The van der Waals surface area contributed by atoms with Crippen LogP contribution in [-0.2, 0) is 14.8 Å². The zero-order valence-electron chi connectivity index (χ0n) is 9.97. The fourth-order valence-corrected chi connectivity index (χ4v) is 2.29. The van der Waals surface area contributed by atoms with Crippen LogP contribution in [0, 0.1) is 11.3 Å². The van der Waals surface area contributed by atoms with Crippen LogP contribution < -0.4 is 0 Å². The maximum atomic E-state index is 11.8. The minimum Gasteiger partial charge on any atom is -0.348 e. The molecule has 0 heterocycles. The van der Waals surface area contributed by atoms with Crippen LogP contribution in [0.15, 0.2) is 0 Å². The van der Waals surface area contributed by atoms with Crippen molar-refractivity contribution in [3.05, 3.63) is 0 Å². The highest BCUT2D eigenvalue weighted by atomic mass is 32.2. The van der Waals surface area contributed by atoms with Gasteiger partial charge >= 0.3 is 0 Å². The lowest BCUT2D eigenvalue weighted by molar-refractivity contribution is -0.128. The van der Waals surface area contributed by atoms with Crippen molar-refractivity contribution >= 4 is 15.9 Å². The van der Waals surface area contributed by atoms with Gasteiger partial charge in [0.2, 0.25) is 15.9 Å². The van der Waals surface area contributed by atoms with Gasteiger partial charge in [-0.15, -0.1) is 0 Å². The molecule has 92 valence electrons. The van der Waals surface area contributed by atoms with Crippen LogP contribution in [0.4, 0.5) is 0 Å². The second-order valence-electron chi connectivity index (χ2n) is 3.62. The van der Waals surface area contributed by atoms with Crippen LogP contribution in [0.3, 0.4) is 0 Å². The van der Waals surface area contributed by atoms with E-state index in [9.17, 15) is 13.2 Å². The molecule has 0 aliphatic heterocycles. The first-order valence-corrected chi connectivity index (χ1v) is 6.32. The fourth-order valence-electron chi connectivity index (χ4n) is 1.01. The number of nitrogens with zero attached hydrogens (tertiary/aromatic N) is 3. The molecule has 6 nitrogen and oxygen atoms in total. The SMILES string of the molecule is CCC(C#N)S(=O)(=O)N(C)CC(=O)N(C)C. The summed E-state index contributed by atoms with van der Waals surface area (Å²) in [6.07, 6.45) is 0.208. The summed E-state index contributed by atoms with van der Waals surface area (Å²) in [5.74, 6) is -0.320. The highest BCUT2D eigenvalue weighted by Crippen LogP contribution is 2.09. The summed E-state index contributed by atoms with van der Waals surface area (Å²) >= 11 is 0. The number of hydrogen-bond donors (Lipinski definition) is 0. The van der Waals surface area contributed by atoms with Gasteiger partial charge in [-0.25, -0.2) is 8.42 Å². The molecule has 0 spiro atoms. The van der Waals surface area contributed by atoms with Crippen molar-refractivity contribution in [3.8, 4) is 6.07 Å². The topological polar surface area (TPSA) is 81.5 Å². The van der Waals surface area contributed by atoms with Gasteiger partial charge in [0.25, 0.3) is 0 Å². The van der Waals surface area contributed by atoms with E-state index in [-0.39, 0.29) is 18.9 Å². The van der Waals surface area contributed by atoms with Gasteiger partial charge in [0.15, 0.2) is 5.25 Å². The van der Waals surface area contributed by atoms with Gasteiger partial charge in [0.1, 0.15) is 0 Å². The molecule has 0 bridgehead atoms. The summed E-state index contributed by atoms with van der Waals surface area (Å²) in [6.45, 7) is 1.38. The molecule has 0 aliphatic carbocycles. The van der Waals surface area contributed by atoms with Crippen molar-refractivity contribution in [1.29, 1.82) is 5.26 Å². The van der Waals surface area contributed by atoms with Crippen molar-refractivity contribution in [2.75, 3.05) is 27.7 Å². The Labute approximate surface area is 96.5 Å². The van der Waals surface area contributed by atoms with E-state index in [4.69, 9.17) is 5.26 Å². The van der Waals surface area contributed by atoms with Crippen LogP contribution in [0.5, 0.6) is 0 Å². The smallest absolute Gasteiger partial charge is 0.237 e. The largest absolute Gasteiger partial charge is 0.348 e. The number of rotatable bonds is 5. The molecule has 0 aromatic heterocycles. The van der Waals surface area contributed by atoms with E-state index in [1.165, 1.54) is 11.9 Å². The molecule has 0 N–H and O–H groups in total. The first kappa shape index (κ1) is 14.9. The Bertz CT molecular complexity index is 383. The molecule has 0 aliphatic rings. The van der Waals surface area contributed by atoms with E-state index in [0.717, 1.165) is 4.31 Å². The van der Waals surface area contributed by atoms with Crippen molar-refractivity contribution < 1.29 is 13.2 Å². The molecule has 0 aromatic carbocycles. The predicted octanol–water partition coefficient (Wildman–Crippen LogP) is -0.362. The third kappa shape index (κ3) is 3.47. The fraction of sp³-hybridized carbons (Fsp3) is 0.778. The Morgan fingerprint density at radius 2 is 1.88 bits per heavy atom. The summed E-state index contributed by atoms with van der Waals surface area (Å²) in [4.78, 5) is 12.6. The Kier molecular flexibility index (Phi) is 5.41. The predicted molar refractivity (Wildman–Crippen MR) is 59.9 cm³/mol. The summed E-state index contributed by atoms with van der Waals surface area (Å²) in [5, 5.41) is 7.61. The Morgan fingerprint density at radius 3 is 2.19 bits per heavy atom. The number of carbonyl (C=O) groups excluding carboxylic acids is 1. The van der Waals surface area contributed by atoms with Crippen molar-refractivity contribution in [1.82, 2.24) is 9.21 Å². The van der Waals surface area contributed by atoms with E-state index in [2.05, 4.69) is 0 Å². The average Bonchev–Trinajstić information content (AvgIpc) is 2.18. The minimum atomic E-state index is -3.71. The van der Waals surface area contributed by atoms with Gasteiger partial charge in [-0.3, -0.25) is 4.79 Å². The van der Waals surface area contributed by atoms with E-state index >= 15 is 0 Å². The van der Waals surface area contributed by atoms with Crippen LogP contribution >= 0.6 is 0 Å². The molecule has 0 saturated carbocycles.